The minimum absolute atomic E-state index is 0.103. The highest BCUT2D eigenvalue weighted by molar-refractivity contribution is 5.81. The lowest BCUT2D eigenvalue weighted by atomic mass is 9.86. The minimum atomic E-state index is -0.106. The summed E-state index contributed by atoms with van der Waals surface area (Å²) in [6.07, 6.45) is 5.09. The summed E-state index contributed by atoms with van der Waals surface area (Å²) in [6.45, 7) is 5.17. The molecule has 0 unspecified atom stereocenters. The lowest BCUT2D eigenvalue weighted by molar-refractivity contribution is -0.123. The van der Waals surface area contributed by atoms with Gasteiger partial charge in [-0.1, -0.05) is 6.92 Å². The smallest absolute Gasteiger partial charge is 0.237 e. The van der Waals surface area contributed by atoms with Gasteiger partial charge in [-0.2, -0.15) is 0 Å². The maximum atomic E-state index is 11.8. The predicted molar refractivity (Wildman–Crippen MR) is 68.7 cm³/mol. The molecule has 100 valence electrons. The molecule has 0 heterocycles. The maximum Gasteiger partial charge on any atom is 0.237 e. The minimum Gasteiger partial charge on any atom is -0.396 e. The van der Waals surface area contributed by atoms with Crippen LogP contribution in [0.15, 0.2) is 0 Å². The van der Waals surface area contributed by atoms with Gasteiger partial charge in [-0.25, -0.2) is 0 Å². The molecule has 0 spiro atoms. The van der Waals surface area contributed by atoms with Gasteiger partial charge in [0.05, 0.1) is 6.04 Å². The summed E-state index contributed by atoms with van der Waals surface area (Å²) < 4.78 is 0. The molecular weight excluding hydrogens is 216 g/mol. The normalized spacial score (nSPS) is 26.5. The first kappa shape index (κ1) is 14.5. The molecule has 0 radical (unpaired) electrons. The van der Waals surface area contributed by atoms with Crippen molar-refractivity contribution in [3.05, 3.63) is 0 Å². The highest BCUT2D eigenvalue weighted by Gasteiger charge is 2.23. The van der Waals surface area contributed by atoms with E-state index in [1.807, 2.05) is 6.92 Å². The van der Waals surface area contributed by atoms with E-state index in [1.165, 1.54) is 0 Å². The Balaban J connectivity index is 2.22. The van der Waals surface area contributed by atoms with E-state index in [2.05, 4.69) is 17.6 Å². The van der Waals surface area contributed by atoms with Crippen LogP contribution in [-0.2, 0) is 4.79 Å². The Morgan fingerprint density at radius 2 is 2.00 bits per heavy atom. The Morgan fingerprint density at radius 1 is 1.35 bits per heavy atom. The second-order valence-electron chi connectivity index (χ2n) is 5.08. The van der Waals surface area contributed by atoms with Crippen LogP contribution in [0.25, 0.3) is 0 Å². The van der Waals surface area contributed by atoms with E-state index in [4.69, 9.17) is 5.11 Å². The molecule has 1 saturated carbocycles. The van der Waals surface area contributed by atoms with Gasteiger partial charge < -0.3 is 15.7 Å². The Bertz CT molecular complexity index is 225. The molecular formula is C13H26N2O2. The standard InChI is InChI=1S/C13H26N2O2/c1-3-8-14-10(2)13(17)15-12-6-4-11(9-16)5-7-12/h10-12,14,16H,3-9H2,1-2H3,(H,15,17)/t10-,11-,12+/m1/s1. The first-order valence-electron chi connectivity index (χ1n) is 6.82. The summed E-state index contributed by atoms with van der Waals surface area (Å²) in [6, 6.07) is 0.196. The van der Waals surface area contributed by atoms with Crippen molar-refractivity contribution in [3.63, 3.8) is 0 Å². The second-order valence-corrected chi connectivity index (χ2v) is 5.08. The van der Waals surface area contributed by atoms with E-state index in [0.717, 1.165) is 38.6 Å². The molecule has 0 aromatic rings. The van der Waals surface area contributed by atoms with Crippen molar-refractivity contribution < 1.29 is 9.90 Å². The number of rotatable bonds is 6. The molecule has 0 aromatic heterocycles. The van der Waals surface area contributed by atoms with E-state index in [0.29, 0.717) is 12.0 Å². The molecule has 0 saturated heterocycles. The first-order valence-corrected chi connectivity index (χ1v) is 6.82. The van der Waals surface area contributed by atoms with E-state index < -0.39 is 0 Å². The number of carbonyl (C=O) groups is 1. The van der Waals surface area contributed by atoms with Crippen LogP contribution in [0.5, 0.6) is 0 Å². The number of aliphatic hydroxyl groups is 1. The van der Waals surface area contributed by atoms with E-state index in [9.17, 15) is 4.79 Å². The van der Waals surface area contributed by atoms with Crippen molar-refractivity contribution in [2.75, 3.05) is 13.2 Å². The number of amides is 1. The zero-order chi connectivity index (χ0) is 12.7. The largest absolute Gasteiger partial charge is 0.396 e. The molecule has 1 aliphatic rings. The fourth-order valence-electron chi connectivity index (χ4n) is 2.27. The lowest BCUT2D eigenvalue weighted by Crippen LogP contribution is -2.47. The van der Waals surface area contributed by atoms with Crippen molar-refractivity contribution in [1.82, 2.24) is 10.6 Å². The van der Waals surface area contributed by atoms with Gasteiger partial charge in [-0.05, 0) is 51.5 Å². The quantitative estimate of drug-likeness (QED) is 0.652. The van der Waals surface area contributed by atoms with Gasteiger partial charge >= 0.3 is 0 Å². The van der Waals surface area contributed by atoms with Crippen LogP contribution in [0.4, 0.5) is 0 Å². The molecule has 0 aromatic carbocycles. The van der Waals surface area contributed by atoms with Crippen LogP contribution in [0.2, 0.25) is 0 Å². The zero-order valence-corrected chi connectivity index (χ0v) is 11.0. The van der Waals surface area contributed by atoms with Crippen molar-refractivity contribution in [1.29, 1.82) is 0 Å². The van der Waals surface area contributed by atoms with Crippen LogP contribution in [0.3, 0.4) is 0 Å². The van der Waals surface area contributed by atoms with Crippen LogP contribution < -0.4 is 10.6 Å². The maximum absolute atomic E-state index is 11.8. The molecule has 0 bridgehead atoms. The van der Waals surface area contributed by atoms with Gasteiger partial charge in [0.1, 0.15) is 0 Å². The summed E-state index contributed by atoms with van der Waals surface area (Å²) in [5, 5.41) is 15.3. The summed E-state index contributed by atoms with van der Waals surface area (Å²) in [7, 11) is 0. The SMILES string of the molecule is CCCN[C@H](C)C(=O)N[C@H]1CC[C@@H](CO)CC1. The van der Waals surface area contributed by atoms with Gasteiger partial charge in [0.25, 0.3) is 0 Å². The third-order valence-corrected chi connectivity index (χ3v) is 3.55. The monoisotopic (exact) mass is 242 g/mol. The Kier molecular flexibility index (Phi) is 6.52. The summed E-state index contributed by atoms with van der Waals surface area (Å²) in [5.41, 5.74) is 0. The highest BCUT2D eigenvalue weighted by atomic mass is 16.3. The molecule has 17 heavy (non-hydrogen) atoms. The number of hydrogen-bond acceptors (Lipinski definition) is 3. The van der Waals surface area contributed by atoms with Crippen molar-refractivity contribution >= 4 is 5.91 Å². The molecule has 1 atom stereocenters. The third kappa shape index (κ3) is 5.04. The van der Waals surface area contributed by atoms with E-state index in [1.54, 1.807) is 0 Å². The second kappa shape index (κ2) is 7.67. The van der Waals surface area contributed by atoms with Crippen LogP contribution in [0, 0.1) is 5.92 Å². The number of hydrogen-bond donors (Lipinski definition) is 3. The van der Waals surface area contributed by atoms with Gasteiger partial charge in [-0.15, -0.1) is 0 Å². The van der Waals surface area contributed by atoms with E-state index >= 15 is 0 Å². The molecule has 0 aliphatic heterocycles. The van der Waals surface area contributed by atoms with Crippen molar-refractivity contribution in [2.24, 2.45) is 5.92 Å². The number of aliphatic hydroxyl groups excluding tert-OH is 1. The Hall–Kier alpha value is -0.610. The Labute approximate surface area is 104 Å². The van der Waals surface area contributed by atoms with Crippen LogP contribution in [-0.4, -0.2) is 36.2 Å². The summed E-state index contributed by atoms with van der Waals surface area (Å²) in [5.74, 6) is 0.546. The summed E-state index contributed by atoms with van der Waals surface area (Å²) >= 11 is 0. The lowest BCUT2D eigenvalue weighted by Gasteiger charge is -2.29. The zero-order valence-electron chi connectivity index (χ0n) is 11.0. The van der Waals surface area contributed by atoms with Crippen LogP contribution >= 0.6 is 0 Å². The fourth-order valence-corrected chi connectivity index (χ4v) is 2.27. The molecule has 1 fully saturated rings. The average molecular weight is 242 g/mol. The third-order valence-electron chi connectivity index (χ3n) is 3.55. The van der Waals surface area contributed by atoms with Gasteiger partial charge in [0, 0.05) is 12.6 Å². The van der Waals surface area contributed by atoms with Crippen molar-refractivity contribution in [2.45, 2.75) is 58.0 Å². The van der Waals surface area contributed by atoms with Crippen molar-refractivity contribution in [3.8, 4) is 0 Å². The molecule has 4 nitrogen and oxygen atoms in total. The molecule has 4 heteroatoms. The average Bonchev–Trinajstić information content (AvgIpc) is 2.36. The predicted octanol–water partition coefficient (Wildman–Crippen LogP) is 1.04. The first-order chi connectivity index (χ1) is 8.17. The topological polar surface area (TPSA) is 61.4 Å². The van der Waals surface area contributed by atoms with E-state index in [-0.39, 0.29) is 18.6 Å². The molecule has 1 rings (SSSR count). The van der Waals surface area contributed by atoms with Crippen LogP contribution in [0.1, 0.15) is 46.0 Å². The van der Waals surface area contributed by atoms with Gasteiger partial charge in [-0.3, -0.25) is 4.79 Å². The number of nitrogens with one attached hydrogen (secondary N) is 2. The van der Waals surface area contributed by atoms with Gasteiger partial charge in [0.2, 0.25) is 5.91 Å². The number of carbonyl (C=O) groups excluding carboxylic acids is 1. The van der Waals surface area contributed by atoms with Gasteiger partial charge in [0.15, 0.2) is 0 Å². The Morgan fingerprint density at radius 3 is 2.53 bits per heavy atom. The summed E-state index contributed by atoms with van der Waals surface area (Å²) in [4.78, 5) is 11.8. The highest BCUT2D eigenvalue weighted by Crippen LogP contribution is 2.23. The molecule has 1 amide bonds. The fraction of sp³-hybridized carbons (Fsp3) is 0.923. The molecule has 1 aliphatic carbocycles. The molecule has 3 N–H and O–H groups in total.